The largest absolute Gasteiger partial charge is 0.418 e. The number of carbonyl (C=O) groups is 2. The number of pyridine rings is 1. The maximum atomic E-state index is 14.1. The van der Waals surface area contributed by atoms with Crippen molar-refractivity contribution in [2.45, 2.75) is 62.6 Å². The third-order valence-corrected chi connectivity index (χ3v) is 11.3. The third kappa shape index (κ3) is 7.97. The normalized spacial score (nSPS) is 19.3. The van der Waals surface area contributed by atoms with E-state index in [9.17, 15) is 40.7 Å². The number of nitrogen functional groups attached to an aromatic ring is 1. The van der Waals surface area contributed by atoms with E-state index in [-0.39, 0.29) is 37.9 Å². The summed E-state index contributed by atoms with van der Waals surface area (Å²) in [5.74, 6) is -0.602. The molecular formula is C37H43F6N9O3. The van der Waals surface area contributed by atoms with Crippen LogP contribution in [0.2, 0.25) is 0 Å². The average Bonchev–Trinajstić information content (AvgIpc) is 3.50. The fourth-order valence-corrected chi connectivity index (χ4v) is 8.28. The van der Waals surface area contributed by atoms with Crippen molar-refractivity contribution in [2.75, 3.05) is 65.1 Å². The Morgan fingerprint density at radius 2 is 1.47 bits per heavy atom. The molecule has 0 saturated carbocycles. The number of urea groups is 1. The monoisotopic (exact) mass is 775 g/mol. The minimum absolute atomic E-state index is 0.172. The van der Waals surface area contributed by atoms with Gasteiger partial charge in [-0.2, -0.15) is 26.3 Å². The Hall–Kier alpha value is -4.84. The van der Waals surface area contributed by atoms with E-state index in [1.54, 1.807) is 10.8 Å². The summed E-state index contributed by atoms with van der Waals surface area (Å²) in [7, 11) is 2.06. The number of piperidine rings is 2. The van der Waals surface area contributed by atoms with Gasteiger partial charge in [-0.3, -0.25) is 19.2 Å². The van der Waals surface area contributed by atoms with E-state index >= 15 is 0 Å². The number of nitrogens with zero attached hydrogens (tertiary/aromatic N) is 6. The predicted octanol–water partition coefficient (Wildman–Crippen LogP) is 4.69. The van der Waals surface area contributed by atoms with Gasteiger partial charge in [0.05, 0.1) is 39.6 Å². The fourth-order valence-electron chi connectivity index (χ4n) is 8.28. The summed E-state index contributed by atoms with van der Waals surface area (Å²) in [5.41, 5.74) is 1.81. The lowest BCUT2D eigenvalue weighted by Gasteiger charge is -2.43. The molecule has 0 bridgehead atoms. The van der Waals surface area contributed by atoms with Gasteiger partial charge in [0.15, 0.2) is 0 Å². The highest BCUT2D eigenvalue weighted by molar-refractivity contribution is 6.01. The van der Waals surface area contributed by atoms with Crippen molar-refractivity contribution in [1.29, 1.82) is 0 Å². The number of halogens is 6. The first kappa shape index (κ1) is 38.4. The lowest BCUT2D eigenvalue weighted by atomic mass is 9.96. The molecule has 0 radical (unpaired) electrons. The van der Waals surface area contributed by atoms with Gasteiger partial charge in [-0.25, -0.2) is 9.59 Å². The Bertz CT molecular complexity index is 2070. The first-order chi connectivity index (χ1) is 26.1. The van der Waals surface area contributed by atoms with Gasteiger partial charge in [-0.15, -0.1) is 0 Å². The molecule has 18 heteroatoms. The van der Waals surface area contributed by atoms with E-state index in [1.807, 2.05) is 24.3 Å². The van der Waals surface area contributed by atoms with E-state index in [1.165, 1.54) is 9.80 Å². The summed E-state index contributed by atoms with van der Waals surface area (Å²) >= 11 is 0. The number of rotatable bonds is 6. The van der Waals surface area contributed by atoms with Gasteiger partial charge in [0.1, 0.15) is 6.04 Å². The van der Waals surface area contributed by atoms with Crippen molar-refractivity contribution in [2.24, 2.45) is 0 Å². The van der Waals surface area contributed by atoms with Crippen molar-refractivity contribution in [3.05, 3.63) is 69.8 Å². The second-order valence-electron chi connectivity index (χ2n) is 14.8. The van der Waals surface area contributed by atoms with Crippen molar-refractivity contribution in [1.82, 2.24) is 39.5 Å². The minimum atomic E-state index is -5.20. The van der Waals surface area contributed by atoms with Crippen LogP contribution in [0.4, 0.5) is 36.8 Å². The number of likely N-dealkylation sites (tertiary alicyclic amines) is 2. The molecule has 4 N–H and O–H groups in total. The SMILES string of the molecule is CN1CCC(N2CCN(C(=O)[C@@H](Cc3cc(C(F)(F)F)c(N)c(C(F)(F)F)c3)NC(=O)N3CCC(n4c(=O)[nH]c5c6ccccc6ncc54)CC3)CC2)CC1. The smallest absolute Gasteiger partial charge is 0.398 e. The number of piperazine rings is 1. The zero-order valence-electron chi connectivity index (χ0n) is 30.2. The maximum Gasteiger partial charge on any atom is 0.418 e. The number of benzene rings is 2. The molecule has 2 aromatic carbocycles. The van der Waals surface area contributed by atoms with Crippen LogP contribution in [0.3, 0.4) is 0 Å². The standard InChI is InChI=1S/C37H43F6N9O3/c1-48-10-6-23(7-11-48)49-14-16-50(17-15-49)33(53)29(20-22-18-26(36(38,39)40)31(44)27(19-22)37(41,42)43)46-34(54)51-12-8-24(9-13-51)52-30-21-45-28-5-3-2-4-25(28)32(30)47-35(52)55/h2-5,18-19,21,23-24,29H,6-17,20,44H2,1H3,(H,46,54)(H,47,55)/t29-/m1/s1. The first-order valence-corrected chi connectivity index (χ1v) is 18.4. The van der Waals surface area contributed by atoms with Crippen LogP contribution in [0.25, 0.3) is 21.9 Å². The Labute approximate surface area is 312 Å². The molecular weight excluding hydrogens is 732 g/mol. The summed E-state index contributed by atoms with van der Waals surface area (Å²) in [4.78, 5) is 55.9. The molecule has 296 valence electrons. The number of nitrogens with two attached hydrogens (primary N) is 1. The quantitative estimate of drug-likeness (QED) is 0.191. The Morgan fingerprint density at radius 1 is 0.873 bits per heavy atom. The van der Waals surface area contributed by atoms with Crippen molar-refractivity contribution in [3.63, 3.8) is 0 Å². The second kappa shape index (κ2) is 15.0. The zero-order valence-corrected chi connectivity index (χ0v) is 30.2. The highest BCUT2D eigenvalue weighted by Crippen LogP contribution is 2.42. The lowest BCUT2D eigenvalue weighted by Crippen LogP contribution is -2.59. The Balaban J connectivity index is 1.09. The van der Waals surface area contributed by atoms with Gasteiger partial charge in [-0.05, 0) is 69.6 Å². The molecule has 0 unspecified atom stereocenters. The average molecular weight is 776 g/mol. The minimum Gasteiger partial charge on any atom is -0.398 e. The van der Waals surface area contributed by atoms with E-state index < -0.39 is 59.1 Å². The van der Waals surface area contributed by atoms with Crippen LogP contribution in [0.5, 0.6) is 0 Å². The highest BCUT2D eigenvalue weighted by atomic mass is 19.4. The number of nitrogens with one attached hydrogen (secondary N) is 2. The maximum absolute atomic E-state index is 14.1. The number of para-hydroxylation sites is 1. The number of alkyl halides is 6. The molecule has 2 aromatic heterocycles. The molecule has 4 aromatic rings. The van der Waals surface area contributed by atoms with Crippen LogP contribution in [0.1, 0.15) is 48.4 Å². The molecule has 1 atom stereocenters. The van der Waals surface area contributed by atoms with E-state index in [2.05, 4.69) is 32.1 Å². The molecule has 3 aliphatic rings. The molecule has 3 saturated heterocycles. The van der Waals surface area contributed by atoms with E-state index in [0.29, 0.717) is 55.1 Å². The van der Waals surface area contributed by atoms with Crippen molar-refractivity contribution >= 4 is 39.6 Å². The van der Waals surface area contributed by atoms with Gasteiger partial charge >= 0.3 is 24.1 Å². The van der Waals surface area contributed by atoms with Crippen LogP contribution >= 0.6 is 0 Å². The van der Waals surface area contributed by atoms with Gasteiger partial charge in [0.2, 0.25) is 5.91 Å². The first-order valence-electron chi connectivity index (χ1n) is 18.4. The summed E-state index contributed by atoms with van der Waals surface area (Å²) in [6, 6.07) is 6.32. The Morgan fingerprint density at radius 3 is 2.09 bits per heavy atom. The van der Waals surface area contributed by atoms with Gasteiger partial charge in [-0.1, -0.05) is 18.2 Å². The van der Waals surface area contributed by atoms with E-state index in [0.717, 1.165) is 36.8 Å². The van der Waals surface area contributed by atoms with Gasteiger partial charge in [0, 0.05) is 63.2 Å². The topological polar surface area (TPSA) is 136 Å². The molecule has 12 nitrogen and oxygen atoms in total. The summed E-state index contributed by atoms with van der Waals surface area (Å²) in [6.07, 6.45) is -6.72. The number of amides is 3. The third-order valence-electron chi connectivity index (χ3n) is 11.3. The number of carbonyl (C=O) groups excluding carboxylic acids is 2. The molecule has 5 heterocycles. The lowest BCUT2D eigenvalue weighted by molar-refractivity contribution is -0.141. The van der Waals surface area contributed by atoms with Gasteiger partial charge in [0.25, 0.3) is 0 Å². The summed E-state index contributed by atoms with van der Waals surface area (Å²) in [6.45, 7) is 3.91. The van der Waals surface area contributed by atoms with Crippen LogP contribution in [-0.2, 0) is 23.6 Å². The fraction of sp³-hybridized carbons (Fsp3) is 0.514. The summed E-state index contributed by atoms with van der Waals surface area (Å²) < 4.78 is 85.2. The number of aromatic nitrogens is 3. The molecule has 3 amide bonds. The molecule has 55 heavy (non-hydrogen) atoms. The van der Waals surface area contributed by atoms with Gasteiger partial charge < -0.3 is 30.7 Å². The molecule has 3 fully saturated rings. The van der Waals surface area contributed by atoms with Crippen molar-refractivity contribution in [3.8, 4) is 0 Å². The van der Waals surface area contributed by atoms with Crippen LogP contribution in [-0.4, -0.2) is 118 Å². The second-order valence-corrected chi connectivity index (χ2v) is 14.8. The molecule has 3 aliphatic heterocycles. The zero-order chi connectivity index (χ0) is 39.2. The number of H-pyrrole nitrogens is 1. The summed E-state index contributed by atoms with van der Waals surface area (Å²) in [5, 5.41) is 3.44. The number of hydrogen-bond donors (Lipinski definition) is 3. The molecule has 7 rings (SSSR count). The molecule has 0 spiro atoms. The van der Waals surface area contributed by atoms with Crippen molar-refractivity contribution < 1.29 is 35.9 Å². The highest BCUT2D eigenvalue weighted by Gasteiger charge is 2.42. The van der Waals surface area contributed by atoms with Crippen LogP contribution in [0, 0.1) is 0 Å². The van der Waals surface area contributed by atoms with Crippen LogP contribution < -0.4 is 16.7 Å². The number of fused-ring (bicyclic) bond motifs is 3. The number of hydrogen-bond acceptors (Lipinski definition) is 7. The van der Waals surface area contributed by atoms with E-state index in [4.69, 9.17) is 5.73 Å². The molecule has 0 aliphatic carbocycles. The Kier molecular flexibility index (Phi) is 10.5. The number of imidazole rings is 1. The predicted molar refractivity (Wildman–Crippen MR) is 193 cm³/mol. The number of aromatic amines is 1. The number of anilines is 1. The van der Waals surface area contributed by atoms with Crippen LogP contribution in [0.15, 0.2) is 47.4 Å².